The average molecular weight is 507 g/mol. The Morgan fingerprint density at radius 2 is 1.58 bits per heavy atom. The largest absolute Gasteiger partial charge is 0.494 e. The fraction of sp³-hybridized carbons (Fsp3) is 0.281. The van der Waals surface area contributed by atoms with Gasteiger partial charge in [-0.25, -0.2) is 0 Å². The van der Waals surface area contributed by atoms with Crippen LogP contribution in [0.3, 0.4) is 0 Å². The number of amides is 1. The van der Waals surface area contributed by atoms with Crippen LogP contribution < -0.4 is 10.1 Å². The van der Waals surface area contributed by atoms with Gasteiger partial charge in [-0.05, 0) is 61.2 Å². The number of nitrogens with one attached hydrogen (secondary N) is 1. The van der Waals surface area contributed by atoms with Crippen molar-refractivity contribution in [2.24, 2.45) is 5.92 Å². The maximum Gasteiger partial charge on any atom is 0.224 e. The van der Waals surface area contributed by atoms with Crippen molar-refractivity contribution < 1.29 is 9.53 Å². The molecule has 4 aromatic rings. The van der Waals surface area contributed by atoms with Gasteiger partial charge < -0.3 is 15.0 Å². The van der Waals surface area contributed by atoms with E-state index in [-0.39, 0.29) is 17.9 Å². The highest BCUT2D eigenvalue weighted by atomic mass is 16.5. The number of likely N-dealkylation sites (tertiary alicyclic amines) is 1. The number of carbonyl (C=O) groups is 1. The minimum atomic E-state index is -0.339. The molecule has 0 aliphatic carbocycles. The number of carbonyl (C=O) groups excluding carboxylic acids is 1. The molecule has 0 saturated carbocycles. The van der Waals surface area contributed by atoms with Gasteiger partial charge in [0.15, 0.2) is 0 Å². The third-order valence-corrected chi connectivity index (χ3v) is 7.11. The molecule has 1 saturated heterocycles. The van der Waals surface area contributed by atoms with Crippen molar-refractivity contribution in [2.45, 2.75) is 25.3 Å². The molecule has 2 heterocycles. The smallest absolute Gasteiger partial charge is 0.224 e. The Morgan fingerprint density at radius 3 is 2.26 bits per heavy atom. The maximum atomic E-state index is 13.4. The predicted octanol–water partition coefficient (Wildman–Crippen LogP) is 5.53. The van der Waals surface area contributed by atoms with Gasteiger partial charge in [-0.1, -0.05) is 72.8 Å². The summed E-state index contributed by atoms with van der Waals surface area (Å²) in [5.41, 5.74) is 4.04. The monoisotopic (exact) mass is 506 g/mol. The van der Waals surface area contributed by atoms with Crippen LogP contribution in [-0.4, -0.2) is 47.0 Å². The van der Waals surface area contributed by atoms with Crippen molar-refractivity contribution in [3.05, 3.63) is 115 Å². The number of para-hydroxylation sites is 1. The quantitative estimate of drug-likeness (QED) is 0.287. The van der Waals surface area contributed by atoms with Crippen LogP contribution in [0.4, 0.5) is 0 Å². The lowest BCUT2D eigenvalue weighted by atomic mass is 9.94. The standard InChI is InChI=1S/C32H34N4O2/c37-32(28-16-21-36(22-17-28)20-7-23-38-29-10-5-2-6-11-29)35-31(30-24-33-18-19-34-30)27-14-12-26(13-15-27)25-8-3-1-4-9-25/h1-6,8-15,18-19,24,28,31H,7,16-17,20-23H2,(H,35,37). The van der Waals surface area contributed by atoms with E-state index in [4.69, 9.17) is 4.74 Å². The van der Waals surface area contributed by atoms with E-state index >= 15 is 0 Å². The third-order valence-electron chi connectivity index (χ3n) is 7.11. The van der Waals surface area contributed by atoms with Crippen molar-refractivity contribution in [2.75, 3.05) is 26.2 Å². The zero-order chi connectivity index (χ0) is 26.0. The first-order valence-electron chi connectivity index (χ1n) is 13.4. The van der Waals surface area contributed by atoms with Gasteiger partial charge in [0.05, 0.1) is 24.5 Å². The van der Waals surface area contributed by atoms with Gasteiger partial charge in [0, 0.05) is 24.9 Å². The average Bonchev–Trinajstić information content (AvgIpc) is 3.00. The molecule has 1 aliphatic rings. The van der Waals surface area contributed by atoms with E-state index in [0.717, 1.165) is 67.0 Å². The highest BCUT2D eigenvalue weighted by Crippen LogP contribution is 2.26. The molecule has 1 fully saturated rings. The minimum Gasteiger partial charge on any atom is -0.494 e. The number of ether oxygens (including phenoxy) is 1. The summed E-state index contributed by atoms with van der Waals surface area (Å²) in [4.78, 5) is 24.6. The summed E-state index contributed by atoms with van der Waals surface area (Å²) in [6.07, 6.45) is 7.74. The van der Waals surface area contributed by atoms with E-state index in [0.29, 0.717) is 6.61 Å². The summed E-state index contributed by atoms with van der Waals surface area (Å²) < 4.78 is 5.81. The van der Waals surface area contributed by atoms with E-state index in [1.807, 2.05) is 48.5 Å². The molecule has 0 radical (unpaired) electrons. The molecule has 1 aromatic heterocycles. The highest BCUT2D eigenvalue weighted by molar-refractivity contribution is 5.79. The van der Waals surface area contributed by atoms with Gasteiger partial charge in [0.1, 0.15) is 5.75 Å². The Morgan fingerprint density at radius 1 is 0.895 bits per heavy atom. The Kier molecular flexibility index (Phi) is 8.74. The Hall–Kier alpha value is -4.03. The Bertz CT molecular complexity index is 1260. The number of rotatable bonds is 10. The van der Waals surface area contributed by atoms with Crippen LogP contribution in [0, 0.1) is 5.92 Å². The summed E-state index contributed by atoms with van der Waals surface area (Å²) in [6, 6.07) is 28.2. The van der Waals surface area contributed by atoms with Crippen molar-refractivity contribution in [3.63, 3.8) is 0 Å². The summed E-state index contributed by atoms with van der Waals surface area (Å²) in [5.74, 6) is 0.990. The van der Waals surface area contributed by atoms with Crippen LogP contribution in [-0.2, 0) is 4.79 Å². The molecule has 194 valence electrons. The van der Waals surface area contributed by atoms with Crippen LogP contribution in [0.15, 0.2) is 104 Å². The van der Waals surface area contributed by atoms with Gasteiger partial charge in [-0.2, -0.15) is 0 Å². The topological polar surface area (TPSA) is 67.4 Å². The van der Waals surface area contributed by atoms with Crippen LogP contribution in [0.5, 0.6) is 5.75 Å². The van der Waals surface area contributed by atoms with Crippen molar-refractivity contribution >= 4 is 5.91 Å². The SMILES string of the molecule is O=C(NC(c1ccc(-c2ccccc2)cc1)c1cnccn1)C1CCN(CCCOc2ccccc2)CC1. The van der Waals surface area contributed by atoms with Crippen molar-refractivity contribution in [1.82, 2.24) is 20.2 Å². The minimum absolute atomic E-state index is 0.00502. The lowest BCUT2D eigenvalue weighted by Crippen LogP contribution is -2.42. The maximum absolute atomic E-state index is 13.4. The zero-order valence-corrected chi connectivity index (χ0v) is 21.6. The van der Waals surface area contributed by atoms with E-state index in [2.05, 4.69) is 56.6 Å². The lowest BCUT2D eigenvalue weighted by molar-refractivity contribution is -0.127. The highest BCUT2D eigenvalue weighted by Gasteiger charge is 2.28. The van der Waals surface area contributed by atoms with E-state index < -0.39 is 0 Å². The molecule has 0 bridgehead atoms. The molecule has 6 heteroatoms. The summed E-state index contributed by atoms with van der Waals surface area (Å²) >= 11 is 0. The molecule has 1 amide bonds. The van der Waals surface area contributed by atoms with Gasteiger partial charge in [0.25, 0.3) is 0 Å². The number of aromatic nitrogens is 2. The van der Waals surface area contributed by atoms with E-state index in [1.165, 1.54) is 0 Å². The van der Waals surface area contributed by atoms with Crippen molar-refractivity contribution in [3.8, 4) is 16.9 Å². The lowest BCUT2D eigenvalue weighted by Gasteiger charge is -2.32. The molecule has 38 heavy (non-hydrogen) atoms. The molecule has 3 aromatic carbocycles. The molecule has 0 spiro atoms. The summed E-state index contributed by atoms with van der Waals surface area (Å²) in [5, 5.41) is 3.28. The molecule has 1 N–H and O–H groups in total. The number of piperidine rings is 1. The Balaban J connectivity index is 1.16. The fourth-order valence-corrected chi connectivity index (χ4v) is 4.96. The van der Waals surface area contributed by atoms with Crippen LogP contribution in [0.25, 0.3) is 11.1 Å². The first kappa shape index (κ1) is 25.6. The first-order valence-corrected chi connectivity index (χ1v) is 13.4. The molecule has 5 rings (SSSR count). The number of nitrogens with zero attached hydrogens (tertiary/aromatic N) is 3. The second kappa shape index (κ2) is 13.0. The predicted molar refractivity (Wildman–Crippen MR) is 150 cm³/mol. The molecule has 1 unspecified atom stereocenters. The summed E-state index contributed by atoms with van der Waals surface area (Å²) in [7, 11) is 0. The second-order valence-corrected chi connectivity index (χ2v) is 9.69. The second-order valence-electron chi connectivity index (χ2n) is 9.69. The molecule has 6 nitrogen and oxygen atoms in total. The first-order chi connectivity index (χ1) is 18.8. The zero-order valence-electron chi connectivity index (χ0n) is 21.6. The van der Waals surface area contributed by atoms with Crippen LogP contribution in [0.2, 0.25) is 0 Å². The number of benzene rings is 3. The van der Waals surface area contributed by atoms with Gasteiger partial charge in [0.2, 0.25) is 5.91 Å². The molecular weight excluding hydrogens is 472 g/mol. The van der Waals surface area contributed by atoms with E-state index in [9.17, 15) is 4.79 Å². The third kappa shape index (κ3) is 6.84. The molecule has 1 aliphatic heterocycles. The van der Waals surface area contributed by atoms with Crippen molar-refractivity contribution in [1.29, 1.82) is 0 Å². The van der Waals surface area contributed by atoms with Gasteiger partial charge in [-0.15, -0.1) is 0 Å². The summed E-state index contributed by atoms with van der Waals surface area (Å²) in [6.45, 7) is 3.53. The van der Waals surface area contributed by atoms with Gasteiger partial charge >= 0.3 is 0 Å². The Labute approximate surface area is 224 Å². The van der Waals surface area contributed by atoms with Gasteiger partial charge in [-0.3, -0.25) is 14.8 Å². The number of hydrogen-bond acceptors (Lipinski definition) is 5. The fourth-order valence-electron chi connectivity index (χ4n) is 4.96. The molecule has 1 atom stereocenters. The normalized spacial score (nSPS) is 15.1. The van der Waals surface area contributed by atoms with E-state index in [1.54, 1.807) is 18.6 Å². The van der Waals surface area contributed by atoms with Crippen LogP contribution >= 0.6 is 0 Å². The van der Waals surface area contributed by atoms with Crippen LogP contribution in [0.1, 0.15) is 36.6 Å². The molecular formula is C32H34N4O2. The number of hydrogen-bond donors (Lipinski definition) is 1.